The van der Waals surface area contributed by atoms with Crippen molar-refractivity contribution in [2.24, 2.45) is 0 Å². The molecule has 54 heavy (non-hydrogen) atoms. The molecule has 0 amide bonds. The van der Waals surface area contributed by atoms with E-state index in [0.717, 1.165) is 0 Å². The highest BCUT2D eigenvalue weighted by Crippen LogP contribution is 2.40. The fourth-order valence-corrected chi connectivity index (χ4v) is 8.79. The lowest BCUT2D eigenvalue weighted by Crippen LogP contribution is -1.86. The molecule has 0 aromatic heterocycles. The lowest BCUT2D eigenvalue weighted by molar-refractivity contribution is 1.57. The van der Waals surface area contributed by atoms with Gasteiger partial charge in [-0.3, -0.25) is 0 Å². The van der Waals surface area contributed by atoms with E-state index in [1.165, 1.54) is 109 Å². The molecule has 0 unspecified atom stereocenters. The number of benzene rings is 11. The van der Waals surface area contributed by atoms with Crippen LogP contribution in [0, 0.1) is 0 Å². The predicted octanol–water partition coefficient (Wildman–Crippen LogP) is 15.3. The van der Waals surface area contributed by atoms with Crippen molar-refractivity contribution in [1.29, 1.82) is 0 Å². The van der Waals surface area contributed by atoms with Crippen molar-refractivity contribution in [3.05, 3.63) is 206 Å². The first-order valence-corrected chi connectivity index (χ1v) is 18.7. The van der Waals surface area contributed by atoms with Crippen molar-refractivity contribution in [3.63, 3.8) is 0 Å². The molecule has 250 valence electrons. The normalized spacial score (nSPS) is 11.7. The van der Waals surface area contributed by atoms with Gasteiger partial charge < -0.3 is 0 Å². The molecule has 0 fully saturated rings. The van der Waals surface area contributed by atoms with Crippen LogP contribution in [-0.4, -0.2) is 0 Å². The Labute approximate surface area is 314 Å². The smallest absolute Gasteiger partial charge is 0.00928 e. The molecule has 0 spiro atoms. The summed E-state index contributed by atoms with van der Waals surface area (Å²) in [6.07, 6.45) is 0. The fourth-order valence-electron chi connectivity index (χ4n) is 8.79. The Kier molecular flexibility index (Phi) is 6.97. The first kappa shape index (κ1) is 30.6. The van der Waals surface area contributed by atoms with E-state index >= 15 is 0 Å². The Morgan fingerprint density at radius 1 is 0.130 bits per heavy atom. The lowest BCUT2D eigenvalue weighted by Gasteiger charge is -2.13. The summed E-state index contributed by atoms with van der Waals surface area (Å²) in [5.74, 6) is 0. The van der Waals surface area contributed by atoms with Crippen molar-refractivity contribution in [3.8, 4) is 44.5 Å². The summed E-state index contributed by atoms with van der Waals surface area (Å²) in [5.41, 5.74) is 9.75. The summed E-state index contributed by atoms with van der Waals surface area (Å²) in [7, 11) is 0. The van der Waals surface area contributed by atoms with Crippen LogP contribution in [0.5, 0.6) is 0 Å². The fraction of sp³-hybridized carbons (Fsp3) is 0. The number of fused-ring (bicyclic) bond motifs is 12. The van der Waals surface area contributed by atoms with E-state index in [1.54, 1.807) is 0 Å². The molecule has 0 N–H and O–H groups in total. The Bertz CT molecular complexity index is 2960. The van der Waals surface area contributed by atoms with E-state index in [1.807, 2.05) is 0 Å². The minimum atomic E-state index is 1.21. The topological polar surface area (TPSA) is 0 Å². The lowest BCUT2D eigenvalue weighted by atomic mass is 9.91. The second-order valence-corrected chi connectivity index (χ2v) is 14.4. The Balaban J connectivity index is 0.931. The second-order valence-electron chi connectivity index (χ2n) is 14.4. The van der Waals surface area contributed by atoms with Gasteiger partial charge in [-0.1, -0.05) is 182 Å². The molecule has 11 aromatic rings. The van der Waals surface area contributed by atoms with Gasteiger partial charge in [0.2, 0.25) is 0 Å². The molecular weight excluding hydrogens is 649 g/mol. The Hall–Kier alpha value is -7.02. The molecule has 0 heteroatoms. The highest BCUT2D eigenvalue weighted by molar-refractivity contribution is 6.27. The first-order chi connectivity index (χ1) is 26.8. The zero-order valence-electron chi connectivity index (χ0n) is 29.6. The zero-order chi connectivity index (χ0) is 35.6. The number of rotatable bonds is 4. The molecule has 11 aromatic carbocycles. The van der Waals surface area contributed by atoms with Crippen molar-refractivity contribution in [2.75, 3.05) is 0 Å². The SMILES string of the molecule is c1cc(-c2ccc(-c3cccc(-c4ccc5c6ccccc6c6ccccc6c5c4)c3)cc2)cc(-c2ccc3c4ccccc4c4ccccc4c3c2)c1. The highest BCUT2D eigenvalue weighted by atomic mass is 14.2. The molecule has 0 bridgehead atoms. The van der Waals surface area contributed by atoms with E-state index in [9.17, 15) is 0 Å². The predicted molar refractivity (Wildman–Crippen MR) is 233 cm³/mol. The van der Waals surface area contributed by atoms with Gasteiger partial charge in [0.1, 0.15) is 0 Å². The van der Waals surface area contributed by atoms with Gasteiger partial charge in [0.25, 0.3) is 0 Å². The van der Waals surface area contributed by atoms with Crippen LogP contribution in [0.2, 0.25) is 0 Å². The Morgan fingerprint density at radius 2 is 0.352 bits per heavy atom. The zero-order valence-corrected chi connectivity index (χ0v) is 29.6. The summed E-state index contributed by atoms with van der Waals surface area (Å²) < 4.78 is 0. The van der Waals surface area contributed by atoms with Gasteiger partial charge in [-0.15, -0.1) is 0 Å². The average Bonchev–Trinajstić information content (AvgIpc) is 3.26. The summed E-state index contributed by atoms with van der Waals surface area (Å²) in [4.78, 5) is 0. The van der Waals surface area contributed by atoms with Crippen molar-refractivity contribution in [2.45, 2.75) is 0 Å². The third-order valence-electron chi connectivity index (χ3n) is 11.4. The molecule has 0 aliphatic rings. The largest absolute Gasteiger partial charge is 0.0616 e. The Morgan fingerprint density at radius 3 is 0.667 bits per heavy atom. The van der Waals surface area contributed by atoms with E-state index in [2.05, 4.69) is 206 Å². The minimum absolute atomic E-state index is 1.21. The quantitative estimate of drug-likeness (QED) is 0.162. The van der Waals surface area contributed by atoms with Gasteiger partial charge in [0.15, 0.2) is 0 Å². The van der Waals surface area contributed by atoms with E-state index in [4.69, 9.17) is 0 Å². The van der Waals surface area contributed by atoms with Crippen LogP contribution in [0.15, 0.2) is 206 Å². The third kappa shape index (κ3) is 4.92. The average molecular weight is 683 g/mol. The summed E-state index contributed by atoms with van der Waals surface area (Å²) in [5, 5.41) is 15.6. The number of hydrogen-bond donors (Lipinski definition) is 0. The van der Waals surface area contributed by atoms with Crippen LogP contribution in [-0.2, 0) is 0 Å². The van der Waals surface area contributed by atoms with Crippen molar-refractivity contribution in [1.82, 2.24) is 0 Å². The van der Waals surface area contributed by atoms with Crippen LogP contribution in [0.4, 0.5) is 0 Å². The van der Waals surface area contributed by atoms with Crippen LogP contribution >= 0.6 is 0 Å². The molecule has 0 radical (unpaired) electrons. The van der Waals surface area contributed by atoms with E-state index in [0.29, 0.717) is 0 Å². The molecule has 0 aliphatic heterocycles. The van der Waals surface area contributed by atoms with Gasteiger partial charge in [-0.05, 0) is 133 Å². The van der Waals surface area contributed by atoms with Gasteiger partial charge >= 0.3 is 0 Å². The summed E-state index contributed by atoms with van der Waals surface area (Å²) in [6.45, 7) is 0. The standard InChI is InChI=1S/C54H34/c1-3-19-47-43(15-1)45-17-5-7-21-49(45)53-33-41(27-29-51(47)53)39-13-9-11-37(31-39)35-23-25-36(26-24-35)38-12-10-14-40(32-38)42-28-30-52-48-20-4-2-16-44(48)46-18-6-8-22-50(46)54(52)34-42/h1-34H. The van der Waals surface area contributed by atoms with Gasteiger partial charge in [0.05, 0.1) is 0 Å². The first-order valence-electron chi connectivity index (χ1n) is 18.7. The van der Waals surface area contributed by atoms with Crippen molar-refractivity contribution >= 4 is 64.6 Å². The third-order valence-corrected chi connectivity index (χ3v) is 11.4. The maximum absolute atomic E-state index is 2.37. The molecule has 0 nitrogen and oxygen atoms in total. The van der Waals surface area contributed by atoms with Crippen LogP contribution < -0.4 is 0 Å². The molecule has 0 saturated heterocycles. The molecule has 0 atom stereocenters. The van der Waals surface area contributed by atoms with Crippen LogP contribution in [0.25, 0.3) is 109 Å². The maximum Gasteiger partial charge on any atom is -0.00928 e. The monoisotopic (exact) mass is 682 g/mol. The molecule has 0 saturated carbocycles. The highest BCUT2D eigenvalue weighted by Gasteiger charge is 2.12. The molecule has 0 aliphatic carbocycles. The second kappa shape index (κ2) is 12.3. The maximum atomic E-state index is 2.37. The number of hydrogen-bond acceptors (Lipinski definition) is 0. The molecule has 11 rings (SSSR count). The van der Waals surface area contributed by atoms with Crippen molar-refractivity contribution < 1.29 is 0 Å². The van der Waals surface area contributed by atoms with Gasteiger partial charge in [-0.25, -0.2) is 0 Å². The van der Waals surface area contributed by atoms with Gasteiger partial charge in [0, 0.05) is 0 Å². The molecular formula is C54H34. The van der Waals surface area contributed by atoms with E-state index in [-0.39, 0.29) is 0 Å². The van der Waals surface area contributed by atoms with Crippen LogP contribution in [0.3, 0.4) is 0 Å². The molecule has 0 heterocycles. The summed E-state index contributed by atoms with van der Waals surface area (Å²) in [6, 6.07) is 76.0. The van der Waals surface area contributed by atoms with Gasteiger partial charge in [-0.2, -0.15) is 0 Å². The summed E-state index contributed by atoms with van der Waals surface area (Å²) >= 11 is 0. The van der Waals surface area contributed by atoms with Crippen LogP contribution in [0.1, 0.15) is 0 Å². The van der Waals surface area contributed by atoms with E-state index < -0.39 is 0 Å². The minimum Gasteiger partial charge on any atom is -0.0616 e.